The smallest absolute Gasteiger partial charge is 0.397 e. The SMILES string of the molecule is C=Cc1ccc(OCCCCCCOc2c(F)c(F)c(-c3c(F)c(F)c(OCCCOS(=O)(=O)O)c(F)c3F)c(F)c2F)cc1. The number of ether oxygens (including phenoxy) is 3. The minimum atomic E-state index is -4.85. The van der Waals surface area contributed by atoms with Crippen LogP contribution in [0.4, 0.5) is 35.1 Å². The Labute approximate surface area is 252 Å². The van der Waals surface area contributed by atoms with Crippen molar-refractivity contribution in [2.75, 3.05) is 26.4 Å². The lowest BCUT2D eigenvalue weighted by Gasteiger charge is -2.16. The van der Waals surface area contributed by atoms with Crippen LogP contribution in [-0.2, 0) is 14.6 Å². The van der Waals surface area contributed by atoms with Crippen molar-refractivity contribution in [1.82, 2.24) is 0 Å². The highest BCUT2D eigenvalue weighted by Crippen LogP contribution is 2.41. The fourth-order valence-corrected chi connectivity index (χ4v) is 4.26. The van der Waals surface area contributed by atoms with Crippen molar-refractivity contribution in [3.8, 4) is 28.4 Å². The quantitative estimate of drug-likeness (QED) is 0.0681. The predicted octanol–water partition coefficient (Wildman–Crippen LogP) is 7.72. The fraction of sp³-hybridized carbons (Fsp3) is 0.310. The van der Waals surface area contributed by atoms with E-state index in [0.717, 1.165) is 5.56 Å². The third-order valence-electron chi connectivity index (χ3n) is 6.13. The summed E-state index contributed by atoms with van der Waals surface area (Å²) in [5.74, 6) is -21.3. The van der Waals surface area contributed by atoms with Crippen LogP contribution in [0.15, 0.2) is 30.8 Å². The lowest BCUT2D eigenvalue weighted by molar-refractivity contribution is 0.217. The maximum absolute atomic E-state index is 14.8. The van der Waals surface area contributed by atoms with Gasteiger partial charge < -0.3 is 14.2 Å². The Kier molecular flexibility index (Phi) is 12.6. The second-order valence-electron chi connectivity index (χ2n) is 9.26. The Balaban J connectivity index is 1.64. The third-order valence-corrected chi connectivity index (χ3v) is 6.60. The molecule has 0 amide bonds. The summed E-state index contributed by atoms with van der Waals surface area (Å²) in [5, 5.41) is 0. The maximum Gasteiger partial charge on any atom is 0.397 e. The molecular formula is C29H26F8O7S. The van der Waals surface area contributed by atoms with Crippen molar-refractivity contribution in [1.29, 1.82) is 0 Å². The molecule has 0 heterocycles. The Morgan fingerprint density at radius 1 is 0.578 bits per heavy atom. The molecule has 3 rings (SSSR count). The van der Waals surface area contributed by atoms with Gasteiger partial charge in [-0.05, 0) is 43.4 Å². The molecule has 0 aromatic heterocycles. The molecule has 0 fully saturated rings. The maximum atomic E-state index is 14.8. The van der Waals surface area contributed by atoms with Gasteiger partial charge in [0.05, 0.1) is 37.6 Å². The molecule has 1 N–H and O–H groups in total. The van der Waals surface area contributed by atoms with Gasteiger partial charge in [0.1, 0.15) is 5.75 Å². The molecule has 45 heavy (non-hydrogen) atoms. The number of hydrogen-bond donors (Lipinski definition) is 1. The molecule has 3 aromatic rings. The highest BCUT2D eigenvalue weighted by Gasteiger charge is 2.35. The molecule has 0 spiro atoms. The van der Waals surface area contributed by atoms with Crippen LogP contribution >= 0.6 is 0 Å². The van der Waals surface area contributed by atoms with E-state index in [4.69, 9.17) is 14.0 Å². The molecule has 0 saturated heterocycles. The Morgan fingerprint density at radius 3 is 1.38 bits per heavy atom. The van der Waals surface area contributed by atoms with Crippen molar-refractivity contribution >= 4 is 16.5 Å². The molecule has 0 unspecified atom stereocenters. The Bertz CT molecular complexity index is 1560. The summed E-state index contributed by atoms with van der Waals surface area (Å²) < 4.78 is 166. The van der Waals surface area contributed by atoms with Crippen molar-refractivity contribution in [3.63, 3.8) is 0 Å². The molecule has 16 heteroatoms. The Morgan fingerprint density at radius 2 is 0.978 bits per heavy atom. The van der Waals surface area contributed by atoms with E-state index in [1.165, 1.54) is 0 Å². The number of rotatable bonds is 17. The molecule has 3 aromatic carbocycles. The third kappa shape index (κ3) is 9.08. The standard InChI is InChI=1S/C29H26F8O7S/c1-2-16-8-10-17(11-9-16)41-12-5-3-4-6-13-42-28-24(34)20(30)18(21(31)25(28)35)19-22(32)26(36)29(27(37)23(19)33)43-14-7-15-44-45(38,39)40/h2,8-11H,1,3-7,12-15H2,(H,38,39,40). The van der Waals surface area contributed by atoms with Crippen LogP contribution in [-0.4, -0.2) is 39.4 Å². The van der Waals surface area contributed by atoms with Gasteiger partial charge in [0.25, 0.3) is 0 Å². The summed E-state index contributed by atoms with van der Waals surface area (Å²) in [6, 6.07) is 7.20. The lowest BCUT2D eigenvalue weighted by atomic mass is 10.0. The first-order chi connectivity index (χ1) is 21.3. The van der Waals surface area contributed by atoms with Crippen molar-refractivity contribution < 1.29 is 66.5 Å². The summed E-state index contributed by atoms with van der Waals surface area (Å²) in [5.41, 5.74) is -3.24. The molecule has 246 valence electrons. The minimum absolute atomic E-state index is 0.195. The first kappa shape index (κ1) is 35.6. The molecule has 0 aliphatic rings. The molecule has 0 bridgehead atoms. The largest absolute Gasteiger partial charge is 0.494 e. The second-order valence-corrected chi connectivity index (χ2v) is 10.3. The minimum Gasteiger partial charge on any atom is -0.494 e. The number of unbranched alkanes of at least 4 members (excludes halogenated alkanes) is 3. The van der Waals surface area contributed by atoms with Crippen molar-refractivity contribution in [3.05, 3.63) is 82.9 Å². The van der Waals surface area contributed by atoms with Crippen molar-refractivity contribution in [2.45, 2.75) is 32.1 Å². The average molecular weight is 671 g/mol. The normalized spacial score (nSPS) is 11.5. The Hall–Kier alpha value is -3.89. The number of benzene rings is 3. The van der Waals surface area contributed by atoms with E-state index >= 15 is 0 Å². The zero-order chi connectivity index (χ0) is 33.3. The topological polar surface area (TPSA) is 91.3 Å². The molecule has 0 aliphatic heterocycles. The number of halogens is 8. The molecule has 0 saturated carbocycles. The monoisotopic (exact) mass is 670 g/mol. The summed E-state index contributed by atoms with van der Waals surface area (Å²) in [6.45, 7) is 2.07. The van der Waals surface area contributed by atoms with Crippen LogP contribution in [0.25, 0.3) is 17.2 Å². The van der Waals surface area contributed by atoms with E-state index < -0.39 is 106 Å². The summed E-state index contributed by atoms with van der Waals surface area (Å²) in [6.07, 6.45) is 3.10. The zero-order valence-corrected chi connectivity index (χ0v) is 24.1. The average Bonchev–Trinajstić information content (AvgIpc) is 3.00. The zero-order valence-electron chi connectivity index (χ0n) is 23.3. The van der Waals surface area contributed by atoms with Gasteiger partial charge in [-0.15, -0.1) is 0 Å². The highest BCUT2D eigenvalue weighted by atomic mass is 32.3. The van der Waals surface area contributed by atoms with Crippen LogP contribution in [0.1, 0.15) is 37.7 Å². The summed E-state index contributed by atoms with van der Waals surface area (Å²) >= 11 is 0. The fourth-order valence-electron chi connectivity index (χ4n) is 3.93. The van der Waals surface area contributed by atoms with Gasteiger partial charge in [-0.3, -0.25) is 4.55 Å². The molecule has 7 nitrogen and oxygen atoms in total. The van der Waals surface area contributed by atoms with E-state index in [9.17, 15) is 43.5 Å². The van der Waals surface area contributed by atoms with E-state index in [1.54, 1.807) is 18.2 Å². The first-order valence-corrected chi connectivity index (χ1v) is 14.6. The molecular weight excluding hydrogens is 644 g/mol. The van der Waals surface area contributed by atoms with Crippen LogP contribution in [0.2, 0.25) is 0 Å². The van der Waals surface area contributed by atoms with Crippen LogP contribution in [0, 0.1) is 46.5 Å². The summed E-state index contributed by atoms with van der Waals surface area (Å²) in [4.78, 5) is 0. The van der Waals surface area contributed by atoms with E-state index in [-0.39, 0.29) is 6.42 Å². The predicted molar refractivity (Wildman–Crippen MR) is 145 cm³/mol. The van der Waals surface area contributed by atoms with Gasteiger partial charge in [-0.25, -0.2) is 21.7 Å². The van der Waals surface area contributed by atoms with Crippen LogP contribution in [0.3, 0.4) is 0 Å². The van der Waals surface area contributed by atoms with Gasteiger partial charge in [0, 0.05) is 6.42 Å². The van der Waals surface area contributed by atoms with Crippen molar-refractivity contribution in [2.24, 2.45) is 0 Å². The second kappa shape index (κ2) is 15.9. The lowest BCUT2D eigenvalue weighted by Crippen LogP contribution is -2.12. The summed E-state index contributed by atoms with van der Waals surface area (Å²) in [7, 11) is -4.85. The van der Waals surface area contributed by atoms with Gasteiger partial charge in [0.2, 0.25) is 23.3 Å². The van der Waals surface area contributed by atoms with E-state index in [0.29, 0.717) is 31.6 Å². The molecule has 0 aliphatic carbocycles. The highest BCUT2D eigenvalue weighted by molar-refractivity contribution is 7.80. The molecule has 0 radical (unpaired) electrons. The number of hydrogen-bond acceptors (Lipinski definition) is 6. The van der Waals surface area contributed by atoms with Gasteiger partial charge in [0.15, 0.2) is 34.8 Å². The van der Waals surface area contributed by atoms with Crippen LogP contribution < -0.4 is 14.2 Å². The van der Waals surface area contributed by atoms with Gasteiger partial charge in [-0.1, -0.05) is 24.8 Å². The van der Waals surface area contributed by atoms with Gasteiger partial charge >= 0.3 is 10.4 Å². The van der Waals surface area contributed by atoms with Gasteiger partial charge in [-0.2, -0.15) is 26.0 Å². The van der Waals surface area contributed by atoms with E-state index in [1.807, 2.05) is 12.1 Å². The first-order valence-electron chi connectivity index (χ1n) is 13.2. The van der Waals surface area contributed by atoms with Crippen LogP contribution in [0.5, 0.6) is 17.2 Å². The van der Waals surface area contributed by atoms with E-state index in [2.05, 4.69) is 15.5 Å². The molecule has 0 atom stereocenters.